The van der Waals surface area contributed by atoms with Gasteiger partial charge in [0.2, 0.25) is 5.91 Å². The fourth-order valence-corrected chi connectivity index (χ4v) is 2.44. The summed E-state index contributed by atoms with van der Waals surface area (Å²) in [6.07, 6.45) is 3.66. The van der Waals surface area contributed by atoms with E-state index in [9.17, 15) is 9.59 Å². The molecule has 1 aromatic heterocycles. The van der Waals surface area contributed by atoms with E-state index in [2.05, 4.69) is 15.3 Å². The van der Waals surface area contributed by atoms with Crippen molar-refractivity contribution in [3.63, 3.8) is 0 Å². The third kappa shape index (κ3) is 2.99. The topological polar surface area (TPSA) is 72.0 Å². The molecule has 1 aliphatic rings. The highest BCUT2D eigenvalue weighted by Gasteiger charge is 2.29. The number of rotatable bonds is 3. The molecule has 2 aromatic rings. The number of aromatic nitrogens is 2. The molecule has 1 saturated carbocycles. The summed E-state index contributed by atoms with van der Waals surface area (Å²) in [6.45, 7) is 1.29. The smallest absolute Gasteiger partial charge is 0.277 e. The Morgan fingerprint density at radius 1 is 1.23 bits per heavy atom. The van der Waals surface area contributed by atoms with Crippen molar-refractivity contribution in [3.05, 3.63) is 47.0 Å². The fourth-order valence-electron chi connectivity index (χ4n) is 2.20. The lowest BCUT2D eigenvalue weighted by molar-refractivity contribution is -0.118. The molecule has 5 nitrogen and oxygen atoms in total. The van der Waals surface area contributed by atoms with E-state index in [4.69, 9.17) is 11.6 Å². The predicted octanol–water partition coefficient (Wildman–Crippen LogP) is 2.95. The Morgan fingerprint density at radius 3 is 2.59 bits per heavy atom. The lowest BCUT2D eigenvalue weighted by Gasteiger charge is -2.10. The Hall–Kier alpha value is -2.27. The highest BCUT2D eigenvalue weighted by Crippen LogP contribution is 2.39. The Bertz CT molecular complexity index is 757. The van der Waals surface area contributed by atoms with E-state index < -0.39 is 11.8 Å². The van der Waals surface area contributed by atoms with Gasteiger partial charge in [-0.3, -0.25) is 14.9 Å². The van der Waals surface area contributed by atoms with E-state index >= 15 is 0 Å². The van der Waals surface area contributed by atoms with Crippen molar-refractivity contribution >= 4 is 23.4 Å². The second kappa shape index (κ2) is 5.85. The average Bonchev–Trinajstić information content (AvgIpc) is 3.31. The highest BCUT2D eigenvalue weighted by atomic mass is 35.5. The van der Waals surface area contributed by atoms with Gasteiger partial charge in [-0.1, -0.05) is 29.8 Å². The van der Waals surface area contributed by atoms with Crippen LogP contribution in [-0.4, -0.2) is 21.8 Å². The molecule has 0 radical (unpaired) electrons. The summed E-state index contributed by atoms with van der Waals surface area (Å²) in [5.74, 6) is -0.0120. The van der Waals surface area contributed by atoms with Crippen molar-refractivity contribution < 1.29 is 9.59 Å². The van der Waals surface area contributed by atoms with Gasteiger partial charge in [-0.2, -0.15) is 0 Å². The van der Waals surface area contributed by atoms with E-state index in [0.717, 1.165) is 12.8 Å². The Labute approximate surface area is 132 Å². The van der Waals surface area contributed by atoms with Crippen molar-refractivity contribution in [2.45, 2.75) is 25.7 Å². The van der Waals surface area contributed by atoms with Crippen LogP contribution in [0.4, 0.5) is 0 Å². The lowest BCUT2D eigenvalue weighted by atomic mass is 10.0. The second-order valence-electron chi connectivity index (χ2n) is 5.25. The summed E-state index contributed by atoms with van der Waals surface area (Å²) < 4.78 is 0. The second-order valence-corrected chi connectivity index (χ2v) is 5.66. The van der Waals surface area contributed by atoms with Gasteiger partial charge in [-0.15, -0.1) is 0 Å². The van der Waals surface area contributed by atoms with Crippen molar-refractivity contribution in [1.82, 2.24) is 15.3 Å². The number of carbonyl (C=O) groups is 2. The zero-order valence-electron chi connectivity index (χ0n) is 12.0. The van der Waals surface area contributed by atoms with Crippen LogP contribution in [0.5, 0.6) is 0 Å². The fraction of sp³-hybridized carbons (Fsp3) is 0.250. The van der Waals surface area contributed by atoms with Crippen LogP contribution in [0.2, 0.25) is 5.02 Å². The van der Waals surface area contributed by atoms with E-state index in [1.807, 2.05) is 6.07 Å². The Kier molecular flexibility index (Phi) is 3.90. The molecule has 0 bridgehead atoms. The molecular weight excluding hydrogens is 302 g/mol. The maximum atomic E-state index is 12.3. The van der Waals surface area contributed by atoms with Crippen LogP contribution in [0.25, 0.3) is 11.1 Å². The van der Waals surface area contributed by atoms with Crippen LogP contribution in [-0.2, 0) is 4.79 Å². The third-order valence-electron chi connectivity index (χ3n) is 3.42. The first-order valence-corrected chi connectivity index (χ1v) is 7.38. The molecule has 0 spiro atoms. The monoisotopic (exact) mass is 315 g/mol. The molecular formula is C16H14ClN3O2. The van der Waals surface area contributed by atoms with Crippen molar-refractivity contribution in [2.75, 3.05) is 0 Å². The number of amides is 2. The van der Waals surface area contributed by atoms with Crippen molar-refractivity contribution in [2.24, 2.45) is 0 Å². The van der Waals surface area contributed by atoms with E-state index in [-0.39, 0.29) is 5.69 Å². The first kappa shape index (κ1) is 14.7. The molecule has 22 heavy (non-hydrogen) atoms. The van der Waals surface area contributed by atoms with Crippen LogP contribution in [0.1, 0.15) is 42.0 Å². The zero-order chi connectivity index (χ0) is 15.7. The molecule has 0 aliphatic heterocycles. The molecule has 1 aromatic carbocycles. The predicted molar refractivity (Wildman–Crippen MR) is 82.6 cm³/mol. The van der Waals surface area contributed by atoms with Crippen LogP contribution >= 0.6 is 11.6 Å². The van der Waals surface area contributed by atoms with Gasteiger partial charge in [0.15, 0.2) is 0 Å². The van der Waals surface area contributed by atoms with Gasteiger partial charge in [0.1, 0.15) is 11.5 Å². The molecule has 3 rings (SSSR count). The molecule has 1 aliphatic carbocycles. The molecule has 0 atom stereocenters. The largest absolute Gasteiger partial charge is 0.291 e. The first-order chi connectivity index (χ1) is 10.6. The first-order valence-electron chi connectivity index (χ1n) is 7.00. The average molecular weight is 316 g/mol. The minimum atomic E-state index is -0.535. The van der Waals surface area contributed by atoms with Crippen LogP contribution in [0, 0.1) is 0 Å². The van der Waals surface area contributed by atoms with Gasteiger partial charge in [-0.25, -0.2) is 9.97 Å². The maximum absolute atomic E-state index is 12.3. The molecule has 1 N–H and O–H groups in total. The molecule has 0 saturated heterocycles. The quantitative estimate of drug-likeness (QED) is 0.945. The molecule has 2 amide bonds. The van der Waals surface area contributed by atoms with Gasteiger partial charge >= 0.3 is 0 Å². The molecule has 6 heteroatoms. The number of hydrogen-bond acceptors (Lipinski definition) is 4. The van der Waals surface area contributed by atoms with Gasteiger partial charge in [0, 0.05) is 35.2 Å². The summed E-state index contributed by atoms with van der Waals surface area (Å²) in [6, 6.07) is 7.16. The zero-order valence-corrected chi connectivity index (χ0v) is 12.7. The summed E-state index contributed by atoms with van der Waals surface area (Å²) in [4.78, 5) is 32.2. The number of imide groups is 1. The Balaban J connectivity index is 2.10. The van der Waals surface area contributed by atoms with E-state index in [1.165, 1.54) is 6.92 Å². The number of hydrogen-bond donors (Lipinski definition) is 1. The molecule has 112 valence electrons. The van der Waals surface area contributed by atoms with Gasteiger partial charge in [0.05, 0.1) is 0 Å². The number of nitrogens with one attached hydrogen (secondary N) is 1. The van der Waals surface area contributed by atoms with Crippen molar-refractivity contribution in [1.29, 1.82) is 0 Å². The summed E-state index contributed by atoms with van der Waals surface area (Å²) >= 11 is 6.20. The normalized spacial score (nSPS) is 13.7. The molecule has 1 fully saturated rings. The van der Waals surface area contributed by atoms with Gasteiger partial charge in [0.25, 0.3) is 5.91 Å². The standard InChI is InChI=1S/C16H14ClN3O2/c1-9(21)19-16(22)14-12(11-4-2-3-5-13(11)17)8-18-15(20-14)10-6-7-10/h2-5,8,10H,6-7H2,1H3,(H,19,21,22). The number of nitrogens with zero attached hydrogens (tertiary/aromatic N) is 2. The SMILES string of the molecule is CC(=O)NC(=O)c1nc(C2CC2)ncc1-c1ccccc1Cl. The Morgan fingerprint density at radius 2 is 1.95 bits per heavy atom. The maximum Gasteiger partial charge on any atom is 0.277 e. The lowest BCUT2D eigenvalue weighted by Crippen LogP contribution is -2.29. The van der Waals surface area contributed by atoms with E-state index in [0.29, 0.717) is 27.9 Å². The number of halogens is 1. The minimum Gasteiger partial charge on any atom is -0.291 e. The number of benzene rings is 1. The van der Waals surface area contributed by atoms with E-state index in [1.54, 1.807) is 24.4 Å². The summed E-state index contributed by atoms with van der Waals surface area (Å²) in [5.41, 5.74) is 1.37. The third-order valence-corrected chi connectivity index (χ3v) is 3.75. The minimum absolute atomic E-state index is 0.181. The summed E-state index contributed by atoms with van der Waals surface area (Å²) in [5, 5.41) is 2.77. The van der Waals surface area contributed by atoms with Crippen molar-refractivity contribution in [3.8, 4) is 11.1 Å². The van der Waals surface area contributed by atoms with Crippen LogP contribution < -0.4 is 5.32 Å². The molecule has 0 unspecified atom stereocenters. The molecule has 1 heterocycles. The summed E-state index contributed by atoms with van der Waals surface area (Å²) in [7, 11) is 0. The van der Waals surface area contributed by atoms with Crippen LogP contribution in [0.15, 0.2) is 30.5 Å². The number of carbonyl (C=O) groups excluding carboxylic acids is 2. The highest BCUT2D eigenvalue weighted by molar-refractivity contribution is 6.33. The van der Waals surface area contributed by atoms with Crippen LogP contribution in [0.3, 0.4) is 0 Å². The van der Waals surface area contributed by atoms with Gasteiger partial charge < -0.3 is 0 Å². The van der Waals surface area contributed by atoms with Gasteiger partial charge in [-0.05, 0) is 18.9 Å².